The van der Waals surface area contributed by atoms with Gasteiger partial charge in [0.15, 0.2) is 5.75 Å². The van der Waals surface area contributed by atoms with Crippen molar-refractivity contribution >= 4 is 5.69 Å². The van der Waals surface area contributed by atoms with Crippen LogP contribution in [0.4, 0.5) is 5.69 Å². The number of nitrogens with zero attached hydrogens (tertiary/aromatic N) is 1. The first kappa shape index (κ1) is 11.3. The third-order valence-corrected chi connectivity index (χ3v) is 2.80. The fourth-order valence-corrected chi connectivity index (χ4v) is 1.68. The molecular formula is C13H13N2O2. The topological polar surface area (TPSA) is 67.9 Å². The molecule has 0 atom stereocenters. The molecule has 0 bridgehead atoms. The van der Waals surface area contributed by atoms with E-state index in [2.05, 4.69) is 0 Å². The minimum absolute atomic E-state index is 0.268. The van der Waals surface area contributed by atoms with Gasteiger partial charge in [0.2, 0.25) is 0 Å². The number of pyridine rings is 1. The lowest BCUT2D eigenvalue weighted by Gasteiger charge is -2.10. The maximum Gasteiger partial charge on any atom is 0.254 e. The number of hydrogen-bond donors (Lipinski definition) is 1. The van der Waals surface area contributed by atoms with Crippen molar-refractivity contribution in [1.82, 2.24) is 4.57 Å². The van der Waals surface area contributed by atoms with Crippen LogP contribution in [0, 0.1) is 6.92 Å². The van der Waals surface area contributed by atoms with Crippen molar-refractivity contribution in [3.63, 3.8) is 0 Å². The second kappa shape index (κ2) is 4.33. The Bertz CT molecular complexity index is 603. The SMILES string of the molecule is Cc1c(N)cccc1Cn1ccc([O])cc1=O. The first-order valence-corrected chi connectivity index (χ1v) is 5.29. The molecule has 2 aromatic rings. The molecule has 1 heterocycles. The quantitative estimate of drug-likeness (QED) is 0.799. The van der Waals surface area contributed by atoms with Crippen molar-refractivity contribution in [1.29, 1.82) is 0 Å². The summed E-state index contributed by atoms with van der Waals surface area (Å²) in [5, 5.41) is 11.0. The number of aromatic nitrogens is 1. The van der Waals surface area contributed by atoms with Gasteiger partial charge in [-0.1, -0.05) is 12.1 Å². The maximum absolute atomic E-state index is 11.6. The summed E-state index contributed by atoms with van der Waals surface area (Å²) in [5.74, 6) is -0.268. The fourth-order valence-electron chi connectivity index (χ4n) is 1.68. The molecule has 2 N–H and O–H groups in total. The zero-order valence-electron chi connectivity index (χ0n) is 9.51. The highest BCUT2D eigenvalue weighted by molar-refractivity contribution is 5.50. The lowest BCUT2D eigenvalue weighted by Crippen LogP contribution is -2.19. The first-order chi connectivity index (χ1) is 8.08. The molecule has 1 aromatic heterocycles. The van der Waals surface area contributed by atoms with E-state index in [1.165, 1.54) is 16.8 Å². The highest BCUT2D eigenvalue weighted by Crippen LogP contribution is 2.16. The molecule has 4 heteroatoms. The van der Waals surface area contributed by atoms with E-state index in [0.29, 0.717) is 12.2 Å². The molecule has 87 valence electrons. The first-order valence-electron chi connectivity index (χ1n) is 5.29. The molecule has 4 nitrogen and oxygen atoms in total. The van der Waals surface area contributed by atoms with Gasteiger partial charge in [-0.3, -0.25) is 9.90 Å². The van der Waals surface area contributed by atoms with Crippen molar-refractivity contribution in [2.45, 2.75) is 13.5 Å². The average molecular weight is 229 g/mol. The fraction of sp³-hybridized carbons (Fsp3) is 0.154. The van der Waals surface area contributed by atoms with Gasteiger partial charge < -0.3 is 10.3 Å². The summed E-state index contributed by atoms with van der Waals surface area (Å²) >= 11 is 0. The monoisotopic (exact) mass is 229 g/mol. The van der Waals surface area contributed by atoms with Gasteiger partial charge in [-0.25, -0.2) is 0 Å². The van der Waals surface area contributed by atoms with E-state index in [0.717, 1.165) is 17.2 Å². The third kappa shape index (κ3) is 2.30. The zero-order chi connectivity index (χ0) is 12.4. The molecule has 1 radical (unpaired) electrons. The Hall–Kier alpha value is -2.23. The van der Waals surface area contributed by atoms with Crippen LogP contribution in [-0.4, -0.2) is 4.57 Å². The number of hydrogen-bond acceptors (Lipinski definition) is 2. The minimum atomic E-state index is -0.292. The van der Waals surface area contributed by atoms with Gasteiger partial charge in [0, 0.05) is 18.0 Å². The number of nitrogen functional groups attached to an aromatic ring is 1. The molecule has 0 fully saturated rings. The highest BCUT2D eigenvalue weighted by atomic mass is 16.3. The van der Waals surface area contributed by atoms with Gasteiger partial charge in [-0.05, 0) is 24.1 Å². The van der Waals surface area contributed by atoms with Crippen molar-refractivity contribution in [3.8, 4) is 5.75 Å². The standard InChI is InChI=1S/C13H13N2O2/c1-9-10(3-2-4-12(9)14)8-15-6-5-11(16)7-13(15)17/h2-7H,8,14H2,1H3. The van der Waals surface area contributed by atoms with Crippen molar-refractivity contribution in [2.24, 2.45) is 0 Å². The van der Waals surface area contributed by atoms with Crippen LogP contribution < -0.4 is 11.3 Å². The number of nitrogens with two attached hydrogens (primary N) is 1. The number of benzene rings is 1. The van der Waals surface area contributed by atoms with Crippen molar-refractivity contribution < 1.29 is 5.11 Å². The van der Waals surface area contributed by atoms with Crippen LogP contribution in [0.1, 0.15) is 11.1 Å². The predicted octanol–water partition coefficient (Wildman–Crippen LogP) is 1.93. The molecule has 1 aromatic carbocycles. The zero-order valence-corrected chi connectivity index (χ0v) is 9.51. The van der Waals surface area contributed by atoms with Gasteiger partial charge in [0.25, 0.3) is 5.56 Å². The molecule has 0 amide bonds. The minimum Gasteiger partial charge on any atom is -0.399 e. The van der Waals surface area contributed by atoms with Gasteiger partial charge in [0.05, 0.1) is 12.6 Å². The van der Waals surface area contributed by atoms with E-state index in [1.807, 2.05) is 25.1 Å². The number of anilines is 1. The Morgan fingerprint density at radius 1 is 1.29 bits per heavy atom. The third-order valence-electron chi connectivity index (χ3n) is 2.80. The van der Waals surface area contributed by atoms with Gasteiger partial charge in [-0.2, -0.15) is 0 Å². The molecule has 0 saturated heterocycles. The number of rotatable bonds is 2. The Labute approximate surface area is 98.9 Å². The van der Waals surface area contributed by atoms with Gasteiger partial charge in [0.1, 0.15) is 0 Å². The lowest BCUT2D eigenvalue weighted by molar-refractivity contribution is 0.353. The van der Waals surface area contributed by atoms with Crippen molar-refractivity contribution in [2.75, 3.05) is 5.73 Å². The largest absolute Gasteiger partial charge is 0.399 e. The Kier molecular flexibility index (Phi) is 2.87. The van der Waals surface area contributed by atoms with E-state index in [-0.39, 0.29) is 11.3 Å². The van der Waals surface area contributed by atoms with E-state index in [9.17, 15) is 9.90 Å². The Morgan fingerprint density at radius 2 is 2.06 bits per heavy atom. The Morgan fingerprint density at radius 3 is 2.76 bits per heavy atom. The Balaban J connectivity index is 2.38. The van der Waals surface area contributed by atoms with E-state index < -0.39 is 0 Å². The molecule has 0 aliphatic carbocycles. The summed E-state index contributed by atoms with van der Waals surface area (Å²) < 4.78 is 1.49. The lowest BCUT2D eigenvalue weighted by atomic mass is 10.1. The average Bonchev–Trinajstić information content (AvgIpc) is 2.28. The van der Waals surface area contributed by atoms with Crippen molar-refractivity contribution in [3.05, 3.63) is 58.0 Å². The van der Waals surface area contributed by atoms with Crippen LogP contribution in [-0.2, 0) is 11.7 Å². The second-order valence-electron chi connectivity index (χ2n) is 3.96. The van der Waals surface area contributed by atoms with Gasteiger partial charge >= 0.3 is 0 Å². The van der Waals surface area contributed by atoms with E-state index in [4.69, 9.17) is 5.73 Å². The summed E-state index contributed by atoms with van der Waals surface area (Å²) in [6.07, 6.45) is 1.51. The summed E-state index contributed by atoms with van der Waals surface area (Å²) in [7, 11) is 0. The summed E-state index contributed by atoms with van der Waals surface area (Å²) in [5.41, 5.74) is 8.15. The normalized spacial score (nSPS) is 10.4. The molecule has 0 aliphatic rings. The molecule has 2 rings (SSSR count). The second-order valence-corrected chi connectivity index (χ2v) is 3.96. The summed E-state index contributed by atoms with van der Waals surface area (Å²) in [4.78, 5) is 11.6. The molecule has 17 heavy (non-hydrogen) atoms. The predicted molar refractivity (Wildman–Crippen MR) is 65.5 cm³/mol. The van der Waals surface area contributed by atoms with E-state index >= 15 is 0 Å². The highest BCUT2D eigenvalue weighted by Gasteiger charge is 2.04. The molecule has 0 unspecified atom stereocenters. The van der Waals surface area contributed by atoms with Crippen LogP contribution in [0.25, 0.3) is 0 Å². The van der Waals surface area contributed by atoms with Crippen LogP contribution in [0.3, 0.4) is 0 Å². The van der Waals surface area contributed by atoms with Crippen LogP contribution >= 0.6 is 0 Å². The van der Waals surface area contributed by atoms with E-state index in [1.54, 1.807) is 0 Å². The van der Waals surface area contributed by atoms with Gasteiger partial charge in [-0.15, -0.1) is 0 Å². The molecule has 0 aliphatic heterocycles. The molecule has 0 spiro atoms. The van der Waals surface area contributed by atoms with Crippen LogP contribution in [0.5, 0.6) is 5.75 Å². The van der Waals surface area contributed by atoms with Crippen LogP contribution in [0.15, 0.2) is 41.3 Å². The van der Waals surface area contributed by atoms with Crippen LogP contribution in [0.2, 0.25) is 0 Å². The maximum atomic E-state index is 11.6. The molecule has 0 saturated carbocycles. The molecular weight excluding hydrogens is 216 g/mol. The summed E-state index contributed by atoms with van der Waals surface area (Å²) in [6.45, 7) is 2.34. The summed E-state index contributed by atoms with van der Waals surface area (Å²) in [6, 6.07) is 8.06. The smallest absolute Gasteiger partial charge is 0.254 e.